The molecule has 0 radical (unpaired) electrons. The molecule has 3 heterocycles. The van der Waals surface area contributed by atoms with Gasteiger partial charge < -0.3 is 13.7 Å². The predicted octanol–water partition coefficient (Wildman–Crippen LogP) is 14.7. The summed E-state index contributed by atoms with van der Waals surface area (Å²) in [7, 11) is 0. The zero-order valence-electron chi connectivity index (χ0n) is 27.9. The number of fused-ring (bicyclic) bond motifs is 9. The molecule has 244 valence electrons. The molecule has 0 N–H and O–H groups in total. The number of anilines is 3. The third kappa shape index (κ3) is 4.45. The molecule has 0 fully saturated rings. The molecule has 0 bridgehead atoms. The number of rotatable bonds is 5. The van der Waals surface area contributed by atoms with Crippen LogP contribution in [0.2, 0.25) is 0 Å². The number of thiophene rings is 1. The Kier molecular flexibility index (Phi) is 6.42. The van der Waals surface area contributed by atoms with Crippen LogP contribution in [0.25, 0.3) is 86.3 Å². The van der Waals surface area contributed by atoms with Crippen molar-refractivity contribution < 1.29 is 8.83 Å². The summed E-state index contributed by atoms with van der Waals surface area (Å²) in [6.45, 7) is 0. The van der Waals surface area contributed by atoms with Gasteiger partial charge in [0.25, 0.3) is 0 Å². The Morgan fingerprint density at radius 1 is 0.404 bits per heavy atom. The van der Waals surface area contributed by atoms with Gasteiger partial charge in [-0.2, -0.15) is 0 Å². The third-order valence-electron chi connectivity index (χ3n) is 10.3. The van der Waals surface area contributed by atoms with E-state index in [1.807, 2.05) is 29.5 Å². The molecule has 0 aliphatic heterocycles. The van der Waals surface area contributed by atoms with Gasteiger partial charge in [0, 0.05) is 42.9 Å². The summed E-state index contributed by atoms with van der Waals surface area (Å²) in [5.74, 6) is 0. The molecule has 0 aliphatic rings. The minimum absolute atomic E-state index is 0.866. The van der Waals surface area contributed by atoms with Crippen LogP contribution in [0.4, 0.5) is 17.1 Å². The normalized spacial score (nSPS) is 11.8. The lowest BCUT2D eigenvalue weighted by Gasteiger charge is -2.27. The van der Waals surface area contributed by atoms with Crippen LogP contribution in [-0.2, 0) is 0 Å². The maximum absolute atomic E-state index is 6.83. The molecular formula is C48H29NO2S. The largest absolute Gasteiger partial charge is 0.456 e. The number of hydrogen-bond acceptors (Lipinski definition) is 4. The van der Waals surface area contributed by atoms with Crippen molar-refractivity contribution in [2.45, 2.75) is 0 Å². The number of furan rings is 2. The van der Waals surface area contributed by atoms with Crippen LogP contribution in [0.1, 0.15) is 0 Å². The molecule has 0 aliphatic carbocycles. The monoisotopic (exact) mass is 683 g/mol. The summed E-state index contributed by atoms with van der Waals surface area (Å²) in [5, 5.41) is 6.99. The highest BCUT2D eigenvalue weighted by Crippen LogP contribution is 2.49. The summed E-state index contributed by atoms with van der Waals surface area (Å²) in [5.41, 5.74) is 11.2. The first kappa shape index (κ1) is 29.1. The molecule has 3 nitrogen and oxygen atoms in total. The van der Waals surface area contributed by atoms with E-state index < -0.39 is 0 Å². The Balaban J connectivity index is 1.13. The van der Waals surface area contributed by atoms with Crippen molar-refractivity contribution in [2.24, 2.45) is 0 Å². The number of nitrogens with zero attached hydrogens (tertiary/aromatic N) is 1. The van der Waals surface area contributed by atoms with E-state index in [9.17, 15) is 0 Å². The number of benzene rings is 8. The van der Waals surface area contributed by atoms with Crippen molar-refractivity contribution in [1.29, 1.82) is 0 Å². The van der Waals surface area contributed by atoms with Gasteiger partial charge in [-0.3, -0.25) is 0 Å². The van der Waals surface area contributed by atoms with Gasteiger partial charge in [0.05, 0.1) is 21.5 Å². The minimum Gasteiger partial charge on any atom is -0.456 e. The first-order valence-corrected chi connectivity index (χ1v) is 18.3. The molecule has 0 saturated heterocycles. The summed E-state index contributed by atoms with van der Waals surface area (Å²) < 4.78 is 15.6. The molecular weight excluding hydrogens is 655 g/mol. The van der Waals surface area contributed by atoms with Crippen LogP contribution in [0.15, 0.2) is 185 Å². The van der Waals surface area contributed by atoms with Gasteiger partial charge >= 0.3 is 0 Å². The number of para-hydroxylation sites is 3. The summed E-state index contributed by atoms with van der Waals surface area (Å²) >= 11 is 1.85. The Hall–Kier alpha value is -6.62. The van der Waals surface area contributed by atoms with Crippen LogP contribution in [0.5, 0.6) is 0 Å². The first-order chi connectivity index (χ1) is 25.8. The molecule has 0 amide bonds. The fourth-order valence-corrected chi connectivity index (χ4v) is 9.10. The van der Waals surface area contributed by atoms with Gasteiger partial charge in [0.1, 0.15) is 22.3 Å². The Labute approximate surface area is 303 Å². The molecule has 11 aromatic rings. The van der Waals surface area contributed by atoms with Crippen LogP contribution < -0.4 is 4.90 Å². The average molecular weight is 684 g/mol. The second-order valence-corrected chi connectivity index (χ2v) is 14.3. The van der Waals surface area contributed by atoms with Crippen molar-refractivity contribution in [1.82, 2.24) is 0 Å². The second kappa shape index (κ2) is 11.5. The lowest BCUT2D eigenvalue weighted by molar-refractivity contribution is 0.669. The summed E-state index contributed by atoms with van der Waals surface area (Å²) in [6, 6.07) is 62.4. The van der Waals surface area contributed by atoms with Crippen molar-refractivity contribution in [2.75, 3.05) is 4.90 Å². The summed E-state index contributed by atoms with van der Waals surface area (Å²) in [4.78, 5) is 2.41. The van der Waals surface area contributed by atoms with E-state index in [1.54, 1.807) is 0 Å². The van der Waals surface area contributed by atoms with Gasteiger partial charge in [-0.15, -0.1) is 11.3 Å². The Morgan fingerprint density at radius 3 is 1.96 bits per heavy atom. The maximum atomic E-state index is 6.83. The van der Waals surface area contributed by atoms with E-state index in [4.69, 9.17) is 8.83 Å². The lowest BCUT2D eigenvalue weighted by Crippen LogP contribution is -2.10. The molecule has 8 aromatic carbocycles. The standard InChI is InChI=1S/C48H29NO2S/c1-2-14-33(15-3-1)49(41-20-11-19-38-37-17-6-9-23-45(37)52-48(38)41)40-27-26-34(47-46(40)39-18-5-8-22-43(39)51-47)32-13-10-12-30(28-32)31-24-25-36-35-16-4-7-21-42(35)50-44(36)29-31/h1-29H. The minimum atomic E-state index is 0.866. The molecule has 0 spiro atoms. The second-order valence-electron chi connectivity index (χ2n) is 13.2. The van der Waals surface area contributed by atoms with Crippen LogP contribution in [0.3, 0.4) is 0 Å². The first-order valence-electron chi connectivity index (χ1n) is 17.5. The van der Waals surface area contributed by atoms with E-state index in [0.717, 1.165) is 83.2 Å². The van der Waals surface area contributed by atoms with E-state index in [2.05, 4.69) is 163 Å². The quantitative estimate of drug-likeness (QED) is 0.181. The molecule has 52 heavy (non-hydrogen) atoms. The fraction of sp³-hybridized carbons (Fsp3) is 0. The molecule has 0 saturated carbocycles. The topological polar surface area (TPSA) is 29.5 Å². The third-order valence-corrected chi connectivity index (χ3v) is 11.5. The maximum Gasteiger partial charge on any atom is 0.145 e. The smallest absolute Gasteiger partial charge is 0.145 e. The van der Waals surface area contributed by atoms with E-state index in [-0.39, 0.29) is 0 Å². The molecule has 0 atom stereocenters. The van der Waals surface area contributed by atoms with E-state index in [0.29, 0.717) is 0 Å². The van der Waals surface area contributed by atoms with Gasteiger partial charge in [-0.05, 0) is 83.4 Å². The van der Waals surface area contributed by atoms with E-state index >= 15 is 0 Å². The molecule has 3 aromatic heterocycles. The molecule has 4 heteroatoms. The Morgan fingerprint density at radius 2 is 1.08 bits per heavy atom. The number of hydrogen-bond donors (Lipinski definition) is 0. The zero-order valence-corrected chi connectivity index (χ0v) is 28.7. The lowest BCUT2D eigenvalue weighted by atomic mass is 9.96. The molecule has 0 unspecified atom stereocenters. The van der Waals surface area contributed by atoms with Crippen molar-refractivity contribution in [3.8, 4) is 22.3 Å². The van der Waals surface area contributed by atoms with Gasteiger partial charge in [0.2, 0.25) is 0 Å². The van der Waals surface area contributed by atoms with Crippen LogP contribution >= 0.6 is 11.3 Å². The SMILES string of the molecule is c1ccc(N(c2cccc3c2sc2ccccc23)c2ccc(-c3cccc(-c4ccc5c(c4)oc4ccccc45)c3)c3oc4ccccc4c23)cc1. The average Bonchev–Trinajstić information content (AvgIpc) is 3.90. The van der Waals surface area contributed by atoms with Crippen LogP contribution in [-0.4, -0.2) is 0 Å². The highest BCUT2D eigenvalue weighted by molar-refractivity contribution is 7.26. The Bertz CT molecular complexity index is 3150. The molecule has 11 rings (SSSR count). The zero-order chi connectivity index (χ0) is 34.2. The summed E-state index contributed by atoms with van der Waals surface area (Å²) in [6.07, 6.45) is 0. The van der Waals surface area contributed by atoms with Gasteiger partial charge in [-0.1, -0.05) is 109 Å². The van der Waals surface area contributed by atoms with Gasteiger partial charge in [-0.25, -0.2) is 0 Å². The fourth-order valence-electron chi connectivity index (χ4n) is 7.89. The van der Waals surface area contributed by atoms with Crippen molar-refractivity contribution in [3.63, 3.8) is 0 Å². The van der Waals surface area contributed by atoms with E-state index in [1.165, 1.54) is 20.2 Å². The van der Waals surface area contributed by atoms with Gasteiger partial charge in [0.15, 0.2) is 0 Å². The van der Waals surface area contributed by atoms with Crippen molar-refractivity contribution >= 4 is 92.4 Å². The predicted molar refractivity (Wildman–Crippen MR) is 219 cm³/mol. The van der Waals surface area contributed by atoms with Crippen LogP contribution in [0, 0.1) is 0 Å². The highest BCUT2D eigenvalue weighted by atomic mass is 32.1. The highest BCUT2D eigenvalue weighted by Gasteiger charge is 2.24. The van der Waals surface area contributed by atoms with Crippen molar-refractivity contribution in [3.05, 3.63) is 176 Å².